The number of anilines is 1. The summed E-state index contributed by atoms with van der Waals surface area (Å²) in [5, 5.41) is 15.0. The summed E-state index contributed by atoms with van der Waals surface area (Å²) < 4.78 is 5.53. The van der Waals surface area contributed by atoms with E-state index in [4.69, 9.17) is 4.74 Å². The van der Waals surface area contributed by atoms with Crippen LogP contribution in [0.5, 0.6) is 0 Å². The van der Waals surface area contributed by atoms with Crippen LogP contribution in [0.3, 0.4) is 0 Å². The second-order valence-electron chi connectivity index (χ2n) is 5.04. The molecule has 2 heterocycles. The highest BCUT2D eigenvalue weighted by atomic mass is 32.1. The molecule has 6 nitrogen and oxygen atoms in total. The molecule has 1 aliphatic rings. The number of urea groups is 1. The molecule has 1 aromatic rings. The van der Waals surface area contributed by atoms with Gasteiger partial charge in [-0.2, -0.15) is 0 Å². The van der Waals surface area contributed by atoms with Gasteiger partial charge in [0, 0.05) is 12.5 Å². The van der Waals surface area contributed by atoms with Crippen molar-refractivity contribution < 1.29 is 9.53 Å². The van der Waals surface area contributed by atoms with E-state index in [2.05, 4.69) is 20.8 Å². The van der Waals surface area contributed by atoms with Gasteiger partial charge in [0.2, 0.25) is 5.13 Å². The first-order valence-electron chi connectivity index (χ1n) is 6.58. The maximum Gasteiger partial charge on any atom is 0.321 e. The number of carbonyl (C=O) groups is 1. The molecule has 1 aliphatic heterocycles. The molecule has 1 saturated heterocycles. The highest BCUT2D eigenvalue weighted by molar-refractivity contribution is 7.15. The number of ether oxygens (including phenoxy) is 1. The minimum Gasteiger partial charge on any atom is -0.376 e. The Hall–Kier alpha value is -1.21. The lowest BCUT2D eigenvalue weighted by atomic mass is 10.1. The molecular formula is C12H20N4O2S. The number of aromatic nitrogens is 2. The number of carbonyl (C=O) groups excluding carboxylic acids is 1. The maximum absolute atomic E-state index is 11.8. The minimum atomic E-state index is -0.255. The van der Waals surface area contributed by atoms with Crippen LogP contribution in [0.25, 0.3) is 0 Å². The van der Waals surface area contributed by atoms with Gasteiger partial charge in [0.1, 0.15) is 5.01 Å². The molecule has 2 atom stereocenters. The van der Waals surface area contributed by atoms with Crippen LogP contribution in [0.1, 0.15) is 44.5 Å². The van der Waals surface area contributed by atoms with Crippen LogP contribution in [0.15, 0.2) is 0 Å². The van der Waals surface area contributed by atoms with Crippen molar-refractivity contribution in [3.05, 3.63) is 5.01 Å². The van der Waals surface area contributed by atoms with Crippen LogP contribution in [-0.4, -0.2) is 35.0 Å². The van der Waals surface area contributed by atoms with E-state index in [1.807, 2.05) is 20.8 Å². The molecule has 2 N–H and O–H groups in total. The normalized spacial score (nSPS) is 20.5. The highest BCUT2D eigenvalue weighted by Crippen LogP contribution is 2.22. The molecule has 0 aliphatic carbocycles. The van der Waals surface area contributed by atoms with Gasteiger partial charge in [-0.05, 0) is 19.8 Å². The molecule has 19 heavy (non-hydrogen) atoms. The Labute approximate surface area is 116 Å². The van der Waals surface area contributed by atoms with Gasteiger partial charge < -0.3 is 10.1 Å². The highest BCUT2D eigenvalue weighted by Gasteiger charge is 2.23. The zero-order valence-electron chi connectivity index (χ0n) is 11.5. The fourth-order valence-corrected chi connectivity index (χ4v) is 2.69. The Morgan fingerprint density at radius 3 is 2.79 bits per heavy atom. The van der Waals surface area contributed by atoms with E-state index in [1.54, 1.807) is 0 Å². The van der Waals surface area contributed by atoms with E-state index in [0.29, 0.717) is 11.0 Å². The van der Waals surface area contributed by atoms with Crippen LogP contribution in [0, 0.1) is 0 Å². The predicted molar refractivity (Wildman–Crippen MR) is 74.6 cm³/mol. The van der Waals surface area contributed by atoms with Crippen molar-refractivity contribution in [3.8, 4) is 0 Å². The monoisotopic (exact) mass is 284 g/mol. The van der Waals surface area contributed by atoms with Crippen LogP contribution in [0.2, 0.25) is 0 Å². The first kappa shape index (κ1) is 14.2. The van der Waals surface area contributed by atoms with Gasteiger partial charge in [0.05, 0.1) is 12.1 Å². The summed E-state index contributed by atoms with van der Waals surface area (Å²) in [5.41, 5.74) is 0. The second kappa shape index (κ2) is 6.29. The lowest BCUT2D eigenvalue weighted by Gasteiger charge is -2.19. The molecule has 7 heteroatoms. The third-order valence-electron chi connectivity index (χ3n) is 3.04. The number of hydrogen-bond donors (Lipinski definition) is 2. The third kappa shape index (κ3) is 3.87. The average Bonchev–Trinajstić information content (AvgIpc) is 2.98. The SMILES string of the molecule is CC(C)c1nnc(NC(=O)NC(C)C2CCCO2)s1. The van der Waals surface area contributed by atoms with E-state index in [-0.39, 0.29) is 18.2 Å². The average molecular weight is 284 g/mol. The largest absolute Gasteiger partial charge is 0.376 e. The number of hydrogen-bond acceptors (Lipinski definition) is 5. The van der Waals surface area contributed by atoms with Gasteiger partial charge in [0.25, 0.3) is 0 Å². The van der Waals surface area contributed by atoms with E-state index in [9.17, 15) is 4.79 Å². The summed E-state index contributed by atoms with van der Waals surface area (Å²) in [6.45, 7) is 6.83. The molecule has 106 valence electrons. The third-order valence-corrected chi connectivity index (χ3v) is 4.18. The van der Waals surface area contributed by atoms with Crippen LogP contribution >= 0.6 is 11.3 Å². The smallest absolute Gasteiger partial charge is 0.321 e. The molecule has 0 radical (unpaired) electrons. The molecule has 0 aromatic carbocycles. The molecule has 0 spiro atoms. The summed E-state index contributed by atoms with van der Waals surface area (Å²) >= 11 is 1.40. The van der Waals surface area contributed by atoms with E-state index in [0.717, 1.165) is 24.5 Å². The lowest BCUT2D eigenvalue weighted by Crippen LogP contribution is -2.42. The Morgan fingerprint density at radius 2 is 2.21 bits per heavy atom. The van der Waals surface area contributed by atoms with Crippen LogP contribution in [0.4, 0.5) is 9.93 Å². The van der Waals surface area contributed by atoms with Gasteiger partial charge >= 0.3 is 6.03 Å². The Bertz CT molecular complexity index is 429. The number of amides is 2. The Balaban J connectivity index is 1.82. The molecular weight excluding hydrogens is 264 g/mol. The Morgan fingerprint density at radius 1 is 1.42 bits per heavy atom. The first-order chi connectivity index (χ1) is 9.06. The maximum atomic E-state index is 11.8. The quantitative estimate of drug-likeness (QED) is 0.890. The fraction of sp³-hybridized carbons (Fsp3) is 0.750. The predicted octanol–water partition coefficient (Wildman–Crippen LogP) is 2.35. The summed E-state index contributed by atoms with van der Waals surface area (Å²) in [4.78, 5) is 11.8. The van der Waals surface area contributed by atoms with E-state index in [1.165, 1.54) is 11.3 Å². The number of rotatable bonds is 4. The molecule has 2 rings (SSSR count). The molecule has 1 fully saturated rings. The van der Waals surface area contributed by atoms with Crippen molar-refractivity contribution in [2.45, 2.75) is 51.7 Å². The van der Waals surface area contributed by atoms with Crippen LogP contribution < -0.4 is 10.6 Å². The summed E-state index contributed by atoms with van der Waals surface area (Å²) in [6.07, 6.45) is 2.18. The topological polar surface area (TPSA) is 76.1 Å². The first-order valence-corrected chi connectivity index (χ1v) is 7.40. The standard InChI is InChI=1S/C12H20N4O2S/c1-7(2)10-15-16-12(19-10)14-11(17)13-8(3)9-5-4-6-18-9/h7-9H,4-6H2,1-3H3,(H2,13,14,16,17). The van der Waals surface area contributed by atoms with Gasteiger partial charge in [-0.1, -0.05) is 25.2 Å². The lowest BCUT2D eigenvalue weighted by molar-refractivity contribution is 0.0868. The summed E-state index contributed by atoms with van der Waals surface area (Å²) in [7, 11) is 0. The van der Waals surface area contributed by atoms with Crippen molar-refractivity contribution >= 4 is 22.5 Å². The number of nitrogens with one attached hydrogen (secondary N) is 2. The molecule has 0 bridgehead atoms. The van der Waals surface area contributed by atoms with E-state index >= 15 is 0 Å². The zero-order valence-corrected chi connectivity index (χ0v) is 12.3. The molecule has 0 saturated carbocycles. The van der Waals surface area contributed by atoms with Crippen molar-refractivity contribution in [3.63, 3.8) is 0 Å². The molecule has 2 amide bonds. The van der Waals surface area contributed by atoms with Crippen molar-refractivity contribution in [1.29, 1.82) is 0 Å². The van der Waals surface area contributed by atoms with Crippen molar-refractivity contribution in [1.82, 2.24) is 15.5 Å². The van der Waals surface area contributed by atoms with Gasteiger partial charge in [0.15, 0.2) is 0 Å². The van der Waals surface area contributed by atoms with E-state index < -0.39 is 0 Å². The van der Waals surface area contributed by atoms with Gasteiger partial charge in [-0.15, -0.1) is 10.2 Å². The zero-order chi connectivity index (χ0) is 13.8. The van der Waals surface area contributed by atoms with Crippen LogP contribution in [-0.2, 0) is 4.74 Å². The van der Waals surface area contributed by atoms with Gasteiger partial charge in [-0.3, -0.25) is 5.32 Å². The molecule has 2 unspecified atom stereocenters. The molecule has 1 aromatic heterocycles. The van der Waals surface area contributed by atoms with Crippen molar-refractivity contribution in [2.75, 3.05) is 11.9 Å². The van der Waals surface area contributed by atoms with Gasteiger partial charge in [-0.25, -0.2) is 4.79 Å². The van der Waals surface area contributed by atoms with Crippen molar-refractivity contribution in [2.24, 2.45) is 0 Å². The summed E-state index contributed by atoms with van der Waals surface area (Å²) in [6, 6.07) is -0.255. The second-order valence-corrected chi connectivity index (χ2v) is 6.05. The fourth-order valence-electron chi connectivity index (χ4n) is 1.95. The summed E-state index contributed by atoms with van der Waals surface area (Å²) in [5.74, 6) is 0.321. The Kier molecular flexibility index (Phi) is 4.71. The minimum absolute atomic E-state index is 0.00000871. The number of nitrogens with zero attached hydrogens (tertiary/aromatic N) is 2.